The first-order valence-electron chi connectivity index (χ1n) is 8.19. The number of hydrogen-bond donors (Lipinski definition) is 2. The van der Waals surface area contributed by atoms with Gasteiger partial charge in [-0.05, 0) is 36.2 Å². The quantitative estimate of drug-likeness (QED) is 0.771. The molecule has 2 N–H and O–H groups in total. The van der Waals surface area contributed by atoms with Crippen molar-refractivity contribution in [3.8, 4) is 5.75 Å². The van der Waals surface area contributed by atoms with Crippen LogP contribution in [0, 0.1) is 0 Å². The Balaban J connectivity index is 1.77. The average Bonchev–Trinajstić information content (AvgIpc) is 2.88. The van der Waals surface area contributed by atoms with Crippen LogP contribution in [0.4, 0.5) is 4.79 Å². The van der Waals surface area contributed by atoms with Crippen molar-refractivity contribution in [1.82, 2.24) is 15.8 Å². The fraction of sp³-hybridized carbons (Fsp3) is 0.211. The van der Waals surface area contributed by atoms with Gasteiger partial charge in [-0.3, -0.25) is 15.0 Å². The van der Waals surface area contributed by atoms with Crippen LogP contribution in [0.5, 0.6) is 5.75 Å². The Morgan fingerprint density at radius 1 is 1.22 bits per heavy atom. The molecule has 1 aliphatic rings. The van der Waals surface area contributed by atoms with Gasteiger partial charge in [0.1, 0.15) is 11.3 Å². The molecule has 0 bridgehead atoms. The van der Waals surface area contributed by atoms with E-state index < -0.39 is 23.4 Å². The summed E-state index contributed by atoms with van der Waals surface area (Å²) in [4.78, 5) is 37.5. The highest BCUT2D eigenvalue weighted by molar-refractivity contribution is 6.31. The Kier molecular flexibility index (Phi) is 5.05. The van der Waals surface area contributed by atoms with Crippen molar-refractivity contribution in [2.45, 2.75) is 18.9 Å². The summed E-state index contributed by atoms with van der Waals surface area (Å²) >= 11 is 6.04. The number of amides is 4. The zero-order valence-corrected chi connectivity index (χ0v) is 15.5. The SMILES string of the molecule is COc1cccc([C@@]2(C)NC(=O)N(NC(=O)Cc3ccccc3Cl)C2=O)c1. The Hall–Kier alpha value is -3.06. The molecule has 1 fully saturated rings. The van der Waals surface area contributed by atoms with Gasteiger partial charge in [0.05, 0.1) is 13.5 Å². The molecular weight excluding hydrogens is 370 g/mol. The summed E-state index contributed by atoms with van der Waals surface area (Å²) in [6.07, 6.45) is -0.0629. The minimum absolute atomic E-state index is 0.0629. The molecule has 0 unspecified atom stereocenters. The predicted octanol–water partition coefficient (Wildman–Crippen LogP) is 2.39. The number of carbonyl (C=O) groups excluding carboxylic acids is 3. The van der Waals surface area contributed by atoms with Gasteiger partial charge in [0.15, 0.2) is 0 Å². The third kappa shape index (κ3) is 3.59. The third-order valence-corrected chi connectivity index (χ3v) is 4.75. The van der Waals surface area contributed by atoms with E-state index in [9.17, 15) is 14.4 Å². The molecule has 0 aliphatic carbocycles. The molecule has 7 nitrogen and oxygen atoms in total. The summed E-state index contributed by atoms with van der Waals surface area (Å²) in [5.74, 6) is -0.563. The molecule has 140 valence electrons. The standard InChI is InChI=1S/C19H18ClN3O4/c1-19(13-7-5-8-14(11-13)27-2)17(25)23(18(26)21-19)22-16(24)10-12-6-3-4-9-15(12)20/h3-9,11H,10H2,1-2H3,(H,21,26)(H,22,24)/t19-/m1/s1. The zero-order valence-electron chi connectivity index (χ0n) is 14.8. The van der Waals surface area contributed by atoms with Crippen LogP contribution in [0.2, 0.25) is 5.02 Å². The minimum Gasteiger partial charge on any atom is -0.497 e. The van der Waals surface area contributed by atoms with Crippen LogP contribution >= 0.6 is 11.6 Å². The number of imide groups is 1. The second-order valence-electron chi connectivity index (χ2n) is 6.23. The topological polar surface area (TPSA) is 87.7 Å². The fourth-order valence-electron chi connectivity index (χ4n) is 2.85. The number of rotatable bonds is 5. The number of halogens is 1. The fourth-order valence-corrected chi connectivity index (χ4v) is 3.05. The lowest BCUT2D eigenvalue weighted by atomic mass is 9.92. The van der Waals surface area contributed by atoms with Crippen LogP contribution in [0.25, 0.3) is 0 Å². The maximum absolute atomic E-state index is 12.9. The monoisotopic (exact) mass is 387 g/mol. The van der Waals surface area contributed by atoms with Gasteiger partial charge in [-0.15, -0.1) is 0 Å². The molecule has 0 saturated carbocycles. The Bertz CT molecular complexity index is 917. The molecule has 0 spiro atoms. The van der Waals surface area contributed by atoms with Crippen LogP contribution in [-0.4, -0.2) is 30.0 Å². The molecule has 1 heterocycles. The summed E-state index contributed by atoms with van der Waals surface area (Å²) in [6, 6.07) is 13.0. The van der Waals surface area contributed by atoms with Crippen molar-refractivity contribution in [3.05, 3.63) is 64.7 Å². The van der Waals surface area contributed by atoms with Gasteiger partial charge in [-0.25, -0.2) is 4.79 Å². The highest BCUT2D eigenvalue weighted by atomic mass is 35.5. The average molecular weight is 388 g/mol. The number of methoxy groups -OCH3 is 1. The molecule has 8 heteroatoms. The number of ether oxygens (including phenoxy) is 1. The van der Waals surface area contributed by atoms with E-state index in [0.29, 0.717) is 26.9 Å². The molecule has 4 amide bonds. The highest BCUT2D eigenvalue weighted by Crippen LogP contribution is 2.30. The molecule has 2 aromatic carbocycles. The van der Waals surface area contributed by atoms with Crippen LogP contribution < -0.4 is 15.5 Å². The van der Waals surface area contributed by atoms with Crippen LogP contribution in [0.3, 0.4) is 0 Å². The zero-order chi connectivity index (χ0) is 19.6. The number of urea groups is 1. The first-order chi connectivity index (χ1) is 12.8. The molecule has 1 atom stereocenters. The molecule has 0 aromatic heterocycles. The van der Waals surface area contributed by atoms with Gasteiger partial charge in [0.2, 0.25) is 5.91 Å². The lowest BCUT2D eigenvalue weighted by Crippen LogP contribution is -2.48. The number of benzene rings is 2. The van der Waals surface area contributed by atoms with Gasteiger partial charge in [-0.1, -0.05) is 41.9 Å². The van der Waals surface area contributed by atoms with Crippen molar-refractivity contribution in [1.29, 1.82) is 0 Å². The van der Waals surface area contributed by atoms with E-state index in [4.69, 9.17) is 16.3 Å². The second kappa shape index (κ2) is 7.28. The van der Waals surface area contributed by atoms with Crippen molar-refractivity contribution in [2.75, 3.05) is 7.11 Å². The predicted molar refractivity (Wildman–Crippen MR) is 99.0 cm³/mol. The highest BCUT2D eigenvalue weighted by Gasteiger charge is 2.50. The number of hydrazine groups is 1. The van der Waals surface area contributed by atoms with E-state index in [1.807, 2.05) is 0 Å². The molecule has 0 radical (unpaired) electrons. The van der Waals surface area contributed by atoms with E-state index in [-0.39, 0.29) is 6.42 Å². The van der Waals surface area contributed by atoms with Crippen molar-refractivity contribution >= 4 is 29.4 Å². The summed E-state index contributed by atoms with van der Waals surface area (Å²) in [5, 5.41) is 3.75. The number of nitrogens with one attached hydrogen (secondary N) is 2. The Morgan fingerprint density at radius 3 is 2.67 bits per heavy atom. The summed E-state index contributed by atoms with van der Waals surface area (Å²) in [7, 11) is 1.51. The lowest BCUT2D eigenvalue weighted by Gasteiger charge is -2.22. The first kappa shape index (κ1) is 18.7. The first-order valence-corrected chi connectivity index (χ1v) is 8.57. The van der Waals surface area contributed by atoms with E-state index in [1.165, 1.54) is 7.11 Å². The van der Waals surface area contributed by atoms with Crippen LogP contribution in [-0.2, 0) is 21.5 Å². The largest absolute Gasteiger partial charge is 0.497 e. The van der Waals surface area contributed by atoms with Gasteiger partial charge >= 0.3 is 6.03 Å². The Labute approximate surface area is 161 Å². The summed E-state index contributed by atoms with van der Waals surface area (Å²) in [5.41, 5.74) is 2.18. The molecule has 2 aromatic rings. The summed E-state index contributed by atoms with van der Waals surface area (Å²) in [6.45, 7) is 1.57. The smallest absolute Gasteiger partial charge is 0.344 e. The number of hydrogen-bond acceptors (Lipinski definition) is 4. The maximum Gasteiger partial charge on any atom is 0.344 e. The minimum atomic E-state index is -1.32. The maximum atomic E-state index is 12.9. The number of nitrogens with zero attached hydrogens (tertiary/aromatic N) is 1. The lowest BCUT2D eigenvalue weighted by molar-refractivity contribution is -0.138. The van der Waals surface area contributed by atoms with Gasteiger partial charge in [-0.2, -0.15) is 5.01 Å². The van der Waals surface area contributed by atoms with Crippen molar-refractivity contribution in [2.24, 2.45) is 0 Å². The Morgan fingerprint density at radius 2 is 1.96 bits per heavy atom. The molecular formula is C19H18ClN3O4. The molecule has 3 rings (SSSR count). The molecule has 1 aliphatic heterocycles. The third-order valence-electron chi connectivity index (χ3n) is 4.38. The van der Waals surface area contributed by atoms with Gasteiger partial charge in [0, 0.05) is 5.02 Å². The van der Waals surface area contributed by atoms with E-state index in [1.54, 1.807) is 55.5 Å². The van der Waals surface area contributed by atoms with Gasteiger partial charge < -0.3 is 10.1 Å². The van der Waals surface area contributed by atoms with Crippen LogP contribution in [0.15, 0.2) is 48.5 Å². The molecule has 27 heavy (non-hydrogen) atoms. The summed E-state index contributed by atoms with van der Waals surface area (Å²) < 4.78 is 5.17. The van der Waals surface area contributed by atoms with E-state index in [2.05, 4.69) is 10.7 Å². The second-order valence-corrected chi connectivity index (χ2v) is 6.64. The van der Waals surface area contributed by atoms with Crippen molar-refractivity contribution in [3.63, 3.8) is 0 Å². The van der Waals surface area contributed by atoms with E-state index in [0.717, 1.165) is 0 Å². The van der Waals surface area contributed by atoms with E-state index >= 15 is 0 Å². The normalized spacial score (nSPS) is 19.0. The van der Waals surface area contributed by atoms with Crippen LogP contribution in [0.1, 0.15) is 18.1 Å². The number of carbonyl (C=O) groups is 3. The molecule has 1 saturated heterocycles. The van der Waals surface area contributed by atoms with Crippen molar-refractivity contribution < 1.29 is 19.1 Å². The van der Waals surface area contributed by atoms with Gasteiger partial charge in [0.25, 0.3) is 5.91 Å².